The molecule has 8 nitrogen and oxygen atoms in total. The van der Waals surface area contributed by atoms with Crippen molar-refractivity contribution in [3.63, 3.8) is 0 Å². The highest BCUT2D eigenvalue weighted by Crippen LogP contribution is 2.50. The van der Waals surface area contributed by atoms with Crippen LogP contribution in [-0.2, 0) is 14.3 Å². The van der Waals surface area contributed by atoms with Crippen LogP contribution < -0.4 is 5.32 Å². The van der Waals surface area contributed by atoms with Gasteiger partial charge in [-0.05, 0) is 38.2 Å². The van der Waals surface area contributed by atoms with E-state index in [4.69, 9.17) is 4.74 Å². The lowest BCUT2D eigenvalue weighted by molar-refractivity contribution is -0.142. The van der Waals surface area contributed by atoms with Crippen LogP contribution in [0.1, 0.15) is 44.2 Å². The lowest BCUT2D eigenvalue weighted by atomic mass is 9.85. The maximum atomic E-state index is 13.8. The van der Waals surface area contributed by atoms with Gasteiger partial charge in [0.1, 0.15) is 5.54 Å². The van der Waals surface area contributed by atoms with Gasteiger partial charge in [0.15, 0.2) is 0 Å². The molecule has 3 atom stereocenters. The molecule has 0 saturated carbocycles. The van der Waals surface area contributed by atoms with Gasteiger partial charge in [-0.2, -0.15) is 0 Å². The van der Waals surface area contributed by atoms with Gasteiger partial charge < -0.3 is 25.0 Å². The molecule has 2 fully saturated rings. The molecule has 8 heteroatoms. The molecule has 2 N–H and O–H groups in total. The Hall–Kier alpha value is -2.61. The summed E-state index contributed by atoms with van der Waals surface area (Å²) in [5, 5.41) is 12.9. The fraction of sp³-hybridized carbons (Fsp3) is 0.591. The molecule has 30 heavy (non-hydrogen) atoms. The Labute approximate surface area is 177 Å². The van der Waals surface area contributed by atoms with Gasteiger partial charge in [-0.15, -0.1) is 0 Å². The number of carboxylic acids is 1. The summed E-state index contributed by atoms with van der Waals surface area (Å²) in [5.41, 5.74) is -0.443. The largest absolute Gasteiger partial charge is 0.481 e. The van der Waals surface area contributed by atoms with Crippen molar-refractivity contribution in [1.29, 1.82) is 0 Å². The maximum Gasteiger partial charge on any atom is 0.318 e. The summed E-state index contributed by atoms with van der Waals surface area (Å²) < 4.78 is 5.17. The number of methoxy groups -OCH3 is 1. The minimum Gasteiger partial charge on any atom is -0.481 e. The van der Waals surface area contributed by atoms with Gasteiger partial charge in [0.05, 0.1) is 18.6 Å². The average molecular weight is 418 g/mol. The molecule has 3 amide bonds. The van der Waals surface area contributed by atoms with Crippen molar-refractivity contribution in [2.75, 3.05) is 33.4 Å². The van der Waals surface area contributed by atoms with Crippen molar-refractivity contribution in [3.05, 3.63) is 35.9 Å². The Kier molecular flexibility index (Phi) is 6.97. The number of carboxylic acid groups (broad SMARTS) is 1. The predicted octanol–water partition coefficient (Wildman–Crippen LogP) is 2.26. The maximum absolute atomic E-state index is 13.8. The van der Waals surface area contributed by atoms with Crippen LogP contribution in [-0.4, -0.2) is 71.7 Å². The van der Waals surface area contributed by atoms with Crippen molar-refractivity contribution >= 4 is 17.9 Å². The number of likely N-dealkylation sites (tertiary alicyclic amines) is 2. The van der Waals surface area contributed by atoms with Gasteiger partial charge >= 0.3 is 12.0 Å². The number of ether oxygens (including phenoxy) is 1. The number of hydrogen-bond acceptors (Lipinski definition) is 4. The highest BCUT2D eigenvalue weighted by Gasteiger charge is 2.61. The highest BCUT2D eigenvalue weighted by molar-refractivity contribution is 5.94. The van der Waals surface area contributed by atoms with E-state index in [1.54, 1.807) is 12.0 Å². The molecule has 0 unspecified atom stereocenters. The van der Waals surface area contributed by atoms with E-state index in [0.717, 1.165) is 18.4 Å². The quantitative estimate of drug-likeness (QED) is 0.740. The Balaban J connectivity index is 2.11. The summed E-state index contributed by atoms with van der Waals surface area (Å²) in [4.78, 5) is 42.6. The first kappa shape index (κ1) is 22.1. The zero-order valence-electron chi connectivity index (χ0n) is 17.7. The van der Waals surface area contributed by atoms with Crippen LogP contribution in [0.25, 0.3) is 0 Å². The first-order valence-corrected chi connectivity index (χ1v) is 10.6. The van der Waals surface area contributed by atoms with Gasteiger partial charge in [0.25, 0.3) is 0 Å². The van der Waals surface area contributed by atoms with Gasteiger partial charge in [-0.25, -0.2) is 4.79 Å². The zero-order valence-corrected chi connectivity index (χ0v) is 17.7. The molecule has 0 radical (unpaired) electrons. The van der Waals surface area contributed by atoms with Gasteiger partial charge in [-0.3, -0.25) is 9.59 Å². The minimum absolute atomic E-state index is 0.112. The summed E-state index contributed by atoms with van der Waals surface area (Å²) in [7, 11) is 1.58. The second-order valence-electron chi connectivity index (χ2n) is 7.98. The van der Waals surface area contributed by atoms with E-state index in [1.165, 1.54) is 4.90 Å². The van der Waals surface area contributed by atoms with E-state index in [2.05, 4.69) is 5.32 Å². The van der Waals surface area contributed by atoms with Crippen molar-refractivity contribution in [1.82, 2.24) is 15.1 Å². The summed E-state index contributed by atoms with van der Waals surface area (Å²) in [6, 6.07) is 8.07. The fourth-order valence-electron chi connectivity index (χ4n) is 4.88. The van der Waals surface area contributed by atoms with Gasteiger partial charge in [0, 0.05) is 26.7 Å². The number of carbonyl (C=O) groups excluding carboxylic acids is 2. The third kappa shape index (κ3) is 4.01. The second-order valence-corrected chi connectivity index (χ2v) is 7.98. The number of urea groups is 1. The lowest BCUT2D eigenvalue weighted by Crippen LogP contribution is -2.60. The predicted molar refractivity (Wildman–Crippen MR) is 111 cm³/mol. The van der Waals surface area contributed by atoms with Crippen LogP contribution in [0.4, 0.5) is 4.79 Å². The molecule has 2 saturated heterocycles. The summed E-state index contributed by atoms with van der Waals surface area (Å²) in [6.07, 6.45) is 2.13. The highest BCUT2D eigenvalue weighted by atomic mass is 16.5. The summed E-state index contributed by atoms with van der Waals surface area (Å²) >= 11 is 0. The third-order valence-corrected chi connectivity index (χ3v) is 6.20. The van der Waals surface area contributed by atoms with Gasteiger partial charge in [0.2, 0.25) is 5.91 Å². The zero-order chi connectivity index (χ0) is 21.7. The van der Waals surface area contributed by atoms with Crippen LogP contribution in [0.15, 0.2) is 30.3 Å². The van der Waals surface area contributed by atoms with Crippen molar-refractivity contribution < 1.29 is 24.2 Å². The number of aliphatic carboxylic acids is 1. The molecule has 0 aromatic heterocycles. The van der Waals surface area contributed by atoms with E-state index in [1.807, 2.05) is 37.3 Å². The van der Waals surface area contributed by atoms with Crippen LogP contribution >= 0.6 is 0 Å². The summed E-state index contributed by atoms with van der Waals surface area (Å²) in [6.45, 7) is 3.61. The third-order valence-electron chi connectivity index (χ3n) is 6.20. The molecule has 0 bridgehead atoms. The molecular formula is C22H31N3O5. The number of hydrogen-bond donors (Lipinski definition) is 2. The van der Waals surface area contributed by atoms with Crippen LogP contribution in [0.3, 0.4) is 0 Å². The number of nitrogens with zero attached hydrogens (tertiary/aromatic N) is 2. The van der Waals surface area contributed by atoms with E-state index in [0.29, 0.717) is 32.7 Å². The van der Waals surface area contributed by atoms with Crippen LogP contribution in [0.5, 0.6) is 0 Å². The molecule has 1 aromatic carbocycles. The molecule has 2 aliphatic rings. The fourth-order valence-corrected chi connectivity index (χ4v) is 4.88. The van der Waals surface area contributed by atoms with Crippen molar-refractivity contribution in [2.24, 2.45) is 5.92 Å². The SMILES string of the molecule is CCNC(=O)N1[C@@H](c2ccccc2)[C@@H](C(=O)O)C[C@]12CCCCN(CCOC)C2=O. The number of carbonyl (C=O) groups is 3. The molecule has 2 heterocycles. The Morgan fingerprint density at radius 1 is 1.27 bits per heavy atom. The standard InChI is InChI=1S/C22H31N3O5/c1-3-23-21(29)25-18(16-9-5-4-6-10-16)17(19(26)27)15-22(25)11-7-8-12-24(20(22)28)13-14-30-2/h4-6,9-10,17-18H,3,7-8,11-15H2,1-2H3,(H,23,29)(H,26,27)/t17-,18-,22-/m0/s1. The minimum atomic E-state index is -1.17. The first-order valence-electron chi connectivity index (χ1n) is 10.6. The number of benzene rings is 1. The molecular weight excluding hydrogens is 386 g/mol. The van der Waals surface area contributed by atoms with Crippen LogP contribution in [0.2, 0.25) is 0 Å². The van der Waals surface area contributed by atoms with Crippen molar-refractivity contribution in [2.45, 2.75) is 44.2 Å². The first-order chi connectivity index (χ1) is 14.5. The molecule has 3 rings (SSSR count). The van der Waals surface area contributed by atoms with E-state index >= 15 is 0 Å². The lowest BCUT2D eigenvalue weighted by Gasteiger charge is -2.41. The number of amides is 3. The van der Waals surface area contributed by atoms with E-state index in [-0.39, 0.29) is 12.3 Å². The van der Waals surface area contributed by atoms with E-state index in [9.17, 15) is 19.5 Å². The number of rotatable bonds is 6. The molecule has 1 spiro atoms. The molecule has 0 aliphatic carbocycles. The monoisotopic (exact) mass is 417 g/mol. The Morgan fingerprint density at radius 3 is 2.63 bits per heavy atom. The smallest absolute Gasteiger partial charge is 0.318 e. The molecule has 2 aliphatic heterocycles. The topological polar surface area (TPSA) is 99.2 Å². The average Bonchev–Trinajstić information content (AvgIpc) is 3.02. The Bertz CT molecular complexity index is 771. The Morgan fingerprint density at radius 2 is 2.00 bits per heavy atom. The van der Waals surface area contributed by atoms with Crippen LogP contribution in [0, 0.1) is 5.92 Å². The van der Waals surface area contributed by atoms with E-state index < -0.39 is 29.5 Å². The summed E-state index contributed by atoms with van der Waals surface area (Å²) in [5.74, 6) is -2.02. The normalized spacial score (nSPS) is 26.7. The molecule has 164 valence electrons. The van der Waals surface area contributed by atoms with Gasteiger partial charge in [-0.1, -0.05) is 30.3 Å². The molecule has 1 aromatic rings. The van der Waals surface area contributed by atoms with Crippen molar-refractivity contribution in [3.8, 4) is 0 Å². The number of nitrogens with one attached hydrogen (secondary N) is 1. The second kappa shape index (κ2) is 9.47.